The summed E-state index contributed by atoms with van der Waals surface area (Å²) in [4.78, 5) is 13.9. The van der Waals surface area contributed by atoms with Crippen molar-refractivity contribution in [1.82, 2.24) is 0 Å². The van der Waals surface area contributed by atoms with Crippen molar-refractivity contribution in [3.8, 4) is 17.6 Å². The molecule has 0 saturated heterocycles. The van der Waals surface area contributed by atoms with Crippen LogP contribution in [-0.2, 0) is 17.6 Å². The predicted molar refractivity (Wildman–Crippen MR) is 112 cm³/mol. The van der Waals surface area contributed by atoms with Crippen molar-refractivity contribution in [2.24, 2.45) is 0 Å². The van der Waals surface area contributed by atoms with E-state index in [0.29, 0.717) is 16.3 Å². The third-order valence-corrected chi connectivity index (χ3v) is 6.13. The molecule has 6 nitrogen and oxygen atoms in total. The van der Waals surface area contributed by atoms with Crippen LogP contribution >= 0.6 is 11.3 Å². The number of ether oxygens (including phenoxy) is 2. The number of carbonyl (C=O) groups excluding carboxylic acids is 1. The highest BCUT2D eigenvalue weighted by Gasteiger charge is 2.23. The lowest BCUT2D eigenvalue weighted by Crippen LogP contribution is -2.31. The molecule has 0 bridgehead atoms. The van der Waals surface area contributed by atoms with Gasteiger partial charge in [0.1, 0.15) is 17.1 Å². The van der Waals surface area contributed by atoms with Gasteiger partial charge in [-0.2, -0.15) is 14.0 Å². The number of nitriles is 1. The maximum Gasteiger partial charge on any atom is 0.387 e. The van der Waals surface area contributed by atoms with Crippen LogP contribution in [0.4, 0.5) is 19.5 Å². The van der Waals surface area contributed by atoms with Crippen LogP contribution in [0.1, 0.15) is 42.2 Å². The van der Waals surface area contributed by atoms with E-state index in [0.717, 1.165) is 37.7 Å². The zero-order valence-corrected chi connectivity index (χ0v) is 17.6. The molecular formula is C21H23F2N3O3S. The molecule has 1 aliphatic rings. The van der Waals surface area contributed by atoms with E-state index in [-0.39, 0.29) is 17.4 Å². The summed E-state index contributed by atoms with van der Waals surface area (Å²) in [7, 11) is 1.35. The second kappa shape index (κ2) is 9.76. The fourth-order valence-electron chi connectivity index (χ4n) is 3.44. The van der Waals surface area contributed by atoms with Gasteiger partial charge in [0.05, 0.1) is 12.7 Å². The molecule has 0 spiro atoms. The van der Waals surface area contributed by atoms with Gasteiger partial charge in [0.15, 0.2) is 11.5 Å². The van der Waals surface area contributed by atoms with E-state index in [1.54, 1.807) is 13.0 Å². The average Bonchev–Trinajstić information content (AvgIpc) is 2.86. The number of amides is 1. The molecule has 0 aliphatic heterocycles. The minimum Gasteiger partial charge on any atom is -0.493 e. The van der Waals surface area contributed by atoms with Crippen LogP contribution < -0.4 is 20.1 Å². The van der Waals surface area contributed by atoms with Crippen LogP contribution in [0, 0.1) is 11.3 Å². The standard InChI is InChI=1S/C21H23F2N3O3S/c1-12(25-13-8-9-16(28-2)17(10-13)29-21(22)23)19(27)26-20-15(11-24)14-6-4-3-5-7-18(14)30-20/h8-10,12,21,25H,3-7H2,1-2H3,(H,26,27). The molecule has 9 heteroatoms. The molecular weight excluding hydrogens is 412 g/mol. The van der Waals surface area contributed by atoms with E-state index >= 15 is 0 Å². The van der Waals surface area contributed by atoms with E-state index in [4.69, 9.17) is 4.74 Å². The first kappa shape index (κ1) is 21.8. The minimum atomic E-state index is -2.99. The molecule has 0 radical (unpaired) electrons. The molecule has 1 unspecified atom stereocenters. The molecule has 1 amide bonds. The van der Waals surface area contributed by atoms with Crippen LogP contribution in [0.25, 0.3) is 0 Å². The van der Waals surface area contributed by atoms with E-state index in [9.17, 15) is 18.8 Å². The van der Waals surface area contributed by atoms with E-state index < -0.39 is 12.7 Å². The molecule has 3 rings (SSSR count). The Labute approximate surface area is 177 Å². The smallest absolute Gasteiger partial charge is 0.387 e. The van der Waals surface area contributed by atoms with Gasteiger partial charge < -0.3 is 20.1 Å². The second-order valence-corrected chi connectivity index (χ2v) is 8.08. The number of thiophene rings is 1. The largest absolute Gasteiger partial charge is 0.493 e. The summed E-state index contributed by atoms with van der Waals surface area (Å²) >= 11 is 1.46. The van der Waals surface area contributed by atoms with Crippen LogP contribution in [0.15, 0.2) is 18.2 Å². The third kappa shape index (κ3) is 5.00. The van der Waals surface area contributed by atoms with Crippen molar-refractivity contribution in [3.05, 3.63) is 34.2 Å². The van der Waals surface area contributed by atoms with E-state index in [1.165, 1.54) is 35.5 Å². The average molecular weight is 435 g/mol. The van der Waals surface area contributed by atoms with Crippen molar-refractivity contribution in [3.63, 3.8) is 0 Å². The van der Waals surface area contributed by atoms with Crippen LogP contribution in [-0.4, -0.2) is 25.7 Å². The molecule has 30 heavy (non-hydrogen) atoms. The first-order valence-corrected chi connectivity index (χ1v) is 10.5. The van der Waals surface area contributed by atoms with Crippen molar-refractivity contribution in [2.45, 2.75) is 51.7 Å². The topological polar surface area (TPSA) is 83.4 Å². The van der Waals surface area contributed by atoms with Crippen molar-refractivity contribution in [2.75, 3.05) is 17.7 Å². The first-order chi connectivity index (χ1) is 14.4. The Hall–Kier alpha value is -2.86. The molecule has 1 aromatic heterocycles. The highest BCUT2D eigenvalue weighted by atomic mass is 32.1. The number of benzene rings is 1. The third-order valence-electron chi connectivity index (χ3n) is 4.93. The summed E-state index contributed by atoms with van der Waals surface area (Å²) in [6.07, 6.45) is 5.07. The summed E-state index contributed by atoms with van der Waals surface area (Å²) in [5.74, 6) is -0.286. The minimum absolute atomic E-state index is 0.126. The molecule has 0 saturated carbocycles. The van der Waals surface area contributed by atoms with Crippen LogP contribution in [0.3, 0.4) is 0 Å². The SMILES string of the molecule is COc1ccc(NC(C)C(=O)Nc2sc3c(c2C#N)CCCCC3)cc1OC(F)F. The maximum atomic E-state index is 12.7. The van der Waals surface area contributed by atoms with Crippen molar-refractivity contribution in [1.29, 1.82) is 5.26 Å². The Morgan fingerprint density at radius 2 is 2.00 bits per heavy atom. The number of methoxy groups -OCH3 is 1. The highest BCUT2D eigenvalue weighted by Crippen LogP contribution is 2.37. The quantitative estimate of drug-likeness (QED) is 0.602. The van der Waals surface area contributed by atoms with Gasteiger partial charge >= 0.3 is 6.61 Å². The number of halogens is 2. The van der Waals surface area contributed by atoms with Crippen LogP contribution in [0.2, 0.25) is 0 Å². The summed E-state index contributed by atoms with van der Waals surface area (Å²) < 4.78 is 34.7. The number of hydrogen-bond donors (Lipinski definition) is 2. The summed E-state index contributed by atoms with van der Waals surface area (Å²) in [6, 6.07) is 6.00. The van der Waals surface area contributed by atoms with Gasteiger partial charge in [-0.25, -0.2) is 0 Å². The molecule has 160 valence electrons. The van der Waals surface area contributed by atoms with Gasteiger partial charge in [-0.1, -0.05) is 6.42 Å². The number of rotatable bonds is 7. The van der Waals surface area contributed by atoms with Gasteiger partial charge in [0.25, 0.3) is 0 Å². The Balaban J connectivity index is 1.72. The van der Waals surface area contributed by atoms with Gasteiger partial charge in [-0.05, 0) is 50.3 Å². The fraction of sp³-hybridized carbons (Fsp3) is 0.429. The number of alkyl halides is 2. The number of nitrogens with one attached hydrogen (secondary N) is 2. The number of nitrogens with zero attached hydrogens (tertiary/aromatic N) is 1. The molecule has 2 N–H and O–H groups in total. The van der Waals surface area contributed by atoms with Gasteiger partial charge in [0.2, 0.25) is 5.91 Å². The zero-order chi connectivity index (χ0) is 21.7. The summed E-state index contributed by atoms with van der Waals surface area (Å²) in [5, 5.41) is 16.0. The predicted octanol–water partition coefficient (Wildman–Crippen LogP) is 4.94. The molecule has 1 aromatic carbocycles. The molecule has 1 aliphatic carbocycles. The van der Waals surface area contributed by atoms with E-state index in [2.05, 4.69) is 21.4 Å². The monoisotopic (exact) mass is 435 g/mol. The second-order valence-electron chi connectivity index (χ2n) is 6.98. The molecule has 2 aromatic rings. The zero-order valence-electron chi connectivity index (χ0n) is 16.8. The fourth-order valence-corrected chi connectivity index (χ4v) is 4.68. The Bertz CT molecular complexity index is 956. The molecule has 1 atom stereocenters. The summed E-state index contributed by atoms with van der Waals surface area (Å²) in [6.45, 7) is -1.34. The van der Waals surface area contributed by atoms with Crippen molar-refractivity contribution >= 4 is 27.9 Å². The number of anilines is 2. The number of aryl methyl sites for hydroxylation is 1. The lowest BCUT2D eigenvalue weighted by atomic mass is 10.1. The number of fused-ring (bicyclic) bond motifs is 1. The van der Waals surface area contributed by atoms with Crippen molar-refractivity contribution < 1.29 is 23.0 Å². The molecule has 1 heterocycles. The Morgan fingerprint density at radius 1 is 1.23 bits per heavy atom. The lowest BCUT2D eigenvalue weighted by molar-refractivity contribution is -0.116. The first-order valence-electron chi connectivity index (χ1n) is 9.67. The number of hydrogen-bond acceptors (Lipinski definition) is 6. The maximum absolute atomic E-state index is 12.7. The van der Waals surface area contributed by atoms with Gasteiger partial charge in [-0.15, -0.1) is 11.3 Å². The highest BCUT2D eigenvalue weighted by molar-refractivity contribution is 7.16. The Kier molecular flexibility index (Phi) is 7.11. The normalized spacial score (nSPS) is 14.3. The summed E-state index contributed by atoms with van der Waals surface area (Å²) in [5.41, 5.74) is 2.03. The van der Waals surface area contributed by atoms with Gasteiger partial charge in [0, 0.05) is 16.6 Å². The lowest BCUT2D eigenvalue weighted by Gasteiger charge is -2.17. The van der Waals surface area contributed by atoms with E-state index in [1.807, 2.05) is 0 Å². The van der Waals surface area contributed by atoms with Gasteiger partial charge in [-0.3, -0.25) is 4.79 Å². The Morgan fingerprint density at radius 3 is 2.70 bits per heavy atom. The van der Waals surface area contributed by atoms with Crippen LogP contribution in [0.5, 0.6) is 11.5 Å². The number of carbonyl (C=O) groups is 1. The molecule has 0 fully saturated rings.